The lowest BCUT2D eigenvalue weighted by Crippen LogP contribution is -2.32. The van der Waals surface area contributed by atoms with Gasteiger partial charge in [0, 0.05) is 38.3 Å². The number of para-hydroxylation sites is 2. The van der Waals surface area contributed by atoms with E-state index in [4.69, 9.17) is 4.74 Å². The highest BCUT2D eigenvalue weighted by atomic mass is 16.5. The molecule has 1 N–H and O–H groups in total. The van der Waals surface area contributed by atoms with Gasteiger partial charge in [0.2, 0.25) is 5.91 Å². The Morgan fingerprint density at radius 2 is 1.94 bits per heavy atom. The number of aryl methyl sites for hydroxylation is 1. The molecule has 172 valence electrons. The van der Waals surface area contributed by atoms with Crippen LogP contribution in [0.2, 0.25) is 0 Å². The zero-order valence-electron chi connectivity index (χ0n) is 18.8. The minimum Gasteiger partial charge on any atom is -0.364 e. The number of fused-ring (bicyclic) bond motifs is 1. The van der Waals surface area contributed by atoms with Crippen LogP contribution in [0.4, 0.5) is 0 Å². The maximum atomic E-state index is 12.7. The topological polar surface area (TPSA) is 104 Å². The van der Waals surface area contributed by atoms with Crippen molar-refractivity contribution in [3.63, 3.8) is 0 Å². The van der Waals surface area contributed by atoms with Gasteiger partial charge < -0.3 is 19.5 Å². The van der Waals surface area contributed by atoms with Crippen molar-refractivity contribution in [3.8, 4) is 0 Å². The first kappa shape index (κ1) is 21.5. The summed E-state index contributed by atoms with van der Waals surface area (Å²) in [4.78, 5) is 45.7. The van der Waals surface area contributed by atoms with Gasteiger partial charge in [-0.15, -0.1) is 0 Å². The normalized spacial score (nSPS) is 18.4. The van der Waals surface area contributed by atoms with Crippen molar-refractivity contribution in [2.24, 2.45) is 0 Å². The van der Waals surface area contributed by atoms with Crippen molar-refractivity contribution in [2.45, 2.75) is 38.7 Å². The van der Waals surface area contributed by atoms with Gasteiger partial charge in [-0.3, -0.25) is 9.59 Å². The molecule has 0 spiro atoms. The maximum Gasteiger partial charge on any atom is 0.257 e. The maximum absolute atomic E-state index is 12.7. The largest absolute Gasteiger partial charge is 0.364 e. The number of nitrogens with zero attached hydrogens (tertiary/aromatic N) is 5. The summed E-state index contributed by atoms with van der Waals surface area (Å²) in [6.07, 6.45) is 4.56. The lowest BCUT2D eigenvalue weighted by molar-refractivity contribution is -0.135. The molecular formula is C24H28N6O3. The first-order valence-corrected chi connectivity index (χ1v) is 11.5. The molecule has 9 nitrogen and oxygen atoms in total. The van der Waals surface area contributed by atoms with Gasteiger partial charge in [0.25, 0.3) is 5.91 Å². The van der Waals surface area contributed by atoms with Gasteiger partial charge in [0.15, 0.2) is 0 Å². The zero-order chi connectivity index (χ0) is 22.8. The van der Waals surface area contributed by atoms with Crippen molar-refractivity contribution in [2.75, 3.05) is 32.8 Å². The van der Waals surface area contributed by atoms with Gasteiger partial charge in [-0.05, 0) is 38.3 Å². The minimum atomic E-state index is -0.0498. The van der Waals surface area contributed by atoms with Gasteiger partial charge in [-0.2, -0.15) is 0 Å². The van der Waals surface area contributed by atoms with Gasteiger partial charge in [-0.1, -0.05) is 12.1 Å². The van der Waals surface area contributed by atoms with E-state index >= 15 is 0 Å². The lowest BCUT2D eigenvalue weighted by Gasteiger charge is -2.18. The SMILES string of the molecule is Cc1nc([C@H]2CCN(C(=O)COCc3nc4ccccc4[nH]3)C2)ncc1C(=O)N1CCCC1. The predicted octanol–water partition coefficient (Wildman–Crippen LogP) is 2.43. The molecule has 0 radical (unpaired) electrons. The van der Waals surface area contributed by atoms with Crippen LogP contribution in [0.15, 0.2) is 30.5 Å². The molecule has 0 saturated carbocycles. The second-order valence-corrected chi connectivity index (χ2v) is 8.75. The van der Waals surface area contributed by atoms with Gasteiger partial charge in [0.05, 0.1) is 22.3 Å². The average Bonchev–Trinajstić information content (AvgIpc) is 3.59. The molecule has 9 heteroatoms. The Hall–Kier alpha value is -3.33. The van der Waals surface area contributed by atoms with E-state index in [0.717, 1.165) is 43.4 Å². The van der Waals surface area contributed by atoms with Gasteiger partial charge in [-0.25, -0.2) is 15.0 Å². The Balaban J connectivity index is 1.14. The number of hydrogen-bond donors (Lipinski definition) is 1. The second kappa shape index (κ2) is 9.27. The number of nitrogens with one attached hydrogen (secondary N) is 1. The highest BCUT2D eigenvalue weighted by Gasteiger charge is 2.30. The Morgan fingerprint density at radius 3 is 2.73 bits per heavy atom. The summed E-state index contributed by atoms with van der Waals surface area (Å²) in [5, 5.41) is 0. The fourth-order valence-corrected chi connectivity index (χ4v) is 4.58. The van der Waals surface area contributed by atoms with Crippen LogP contribution in [0.1, 0.15) is 52.9 Å². The monoisotopic (exact) mass is 448 g/mol. The molecule has 4 heterocycles. The van der Waals surface area contributed by atoms with Crippen LogP contribution in [0.25, 0.3) is 11.0 Å². The third-order valence-electron chi connectivity index (χ3n) is 6.43. The summed E-state index contributed by atoms with van der Waals surface area (Å²) in [6, 6.07) is 7.78. The number of rotatable bonds is 6. The van der Waals surface area contributed by atoms with Crippen molar-refractivity contribution >= 4 is 22.8 Å². The molecule has 2 amide bonds. The molecule has 0 bridgehead atoms. The third kappa shape index (κ3) is 4.59. The highest BCUT2D eigenvalue weighted by Crippen LogP contribution is 2.26. The molecule has 0 aliphatic carbocycles. The molecule has 2 aliphatic rings. The number of hydrogen-bond acceptors (Lipinski definition) is 6. The average molecular weight is 449 g/mol. The smallest absolute Gasteiger partial charge is 0.257 e. The van der Waals surface area contributed by atoms with Crippen LogP contribution in [0.5, 0.6) is 0 Å². The lowest BCUT2D eigenvalue weighted by atomic mass is 10.1. The summed E-state index contributed by atoms with van der Waals surface area (Å²) < 4.78 is 5.62. The quantitative estimate of drug-likeness (QED) is 0.621. The van der Waals surface area contributed by atoms with E-state index in [1.165, 1.54) is 0 Å². The van der Waals surface area contributed by atoms with Crippen LogP contribution in [0, 0.1) is 6.92 Å². The molecule has 3 aromatic rings. The Kier molecular flexibility index (Phi) is 6.04. The zero-order valence-corrected chi connectivity index (χ0v) is 18.8. The number of H-pyrrole nitrogens is 1. The van der Waals surface area contributed by atoms with E-state index < -0.39 is 0 Å². The summed E-state index contributed by atoms with van der Waals surface area (Å²) in [5.41, 5.74) is 3.11. The van der Waals surface area contributed by atoms with E-state index in [2.05, 4.69) is 19.9 Å². The van der Waals surface area contributed by atoms with Gasteiger partial charge >= 0.3 is 0 Å². The number of imidazole rings is 1. The van der Waals surface area contributed by atoms with E-state index in [1.54, 1.807) is 11.1 Å². The molecule has 2 aromatic heterocycles. The van der Waals surface area contributed by atoms with Crippen molar-refractivity contribution in [1.82, 2.24) is 29.7 Å². The number of carbonyl (C=O) groups is 2. The summed E-state index contributed by atoms with van der Waals surface area (Å²) in [6.45, 7) is 4.94. The first-order chi connectivity index (χ1) is 16.1. The van der Waals surface area contributed by atoms with E-state index in [1.807, 2.05) is 36.1 Å². The number of carbonyl (C=O) groups excluding carboxylic acids is 2. The molecule has 1 aromatic carbocycles. The molecule has 2 fully saturated rings. The highest BCUT2D eigenvalue weighted by molar-refractivity contribution is 5.95. The minimum absolute atomic E-state index is 0.00687. The summed E-state index contributed by atoms with van der Waals surface area (Å²) >= 11 is 0. The molecule has 5 rings (SSSR count). The number of benzene rings is 1. The standard InChI is InChI=1S/C24H28N6O3/c1-16-18(24(32)29-9-4-5-10-29)12-25-23(26-16)17-8-11-30(13-17)22(31)15-33-14-21-27-19-6-2-3-7-20(19)28-21/h2-3,6-7,12,17H,4-5,8-11,13-15H2,1H3,(H,27,28)/t17-/m0/s1. The van der Waals surface area contributed by atoms with Crippen LogP contribution in [-0.2, 0) is 16.1 Å². The summed E-state index contributed by atoms with van der Waals surface area (Å²) in [5.74, 6) is 1.44. The summed E-state index contributed by atoms with van der Waals surface area (Å²) in [7, 11) is 0. The second-order valence-electron chi connectivity index (χ2n) is 8.75. The van der Waals surface area contributed by atoms with Crippen LogP contribution < -0.4 is 0 Å². The van der Waals surface area contributed by atoms with E-state index in [0.29, 0.717) is 36.0 Å². The van der Waals surface area contributed by atoms with Gasteiger partial charge in [0.1, 0.15) is 24.9 Å². The number of amides is 2. The fraction of sp³-hybridized carbons (Fsp3) is 0.458. The van der Waals surface area contributed by atoms with Crippen LogP contribution >= 0.6 is 0 Å². The van der Waals surface area contributed by atoms with E-state index in [-0.39, 0.29) is 30.9 Å². The molecule has 2 saturated heterocycles. The van der Waals surface area contributed by atoms with Crippen molar-refractivity contribution in [3.05, 3.63) is 53.4 Å². The first-order valence-electron chi connectivity index (χ1n) is 11.5. The third-order valence-corrected chi connectivity index (χ3v) is 6.43. The fourth-order valence-electron chi connectivity index (χ4n) is 4.58. The molecule has 0 unspecified atom stereocenters. The van der Waals surface area contributed by atoms with Crippen LogP contribution in [0.3, 0.4) is 0 Å². The Labute approximate surface area is 192 Å². The molecule has 1 atom stereocenters. The number of likely N-dealkylation sites (tertiary alicyclic amines) is 2. The number of ether oxygens (including phenoxy) is 1. The van der Waals surface area contributed by atoms with Crippen molar-refractivity contribution in [1.29, 1.82) is 0 Å². The van der Waals surface area contributed by atoms with Crippen LogP contribution in [-0.4, -0.2) is 74.3 Å². The molecule has 33 heavy (non-hydrogen) atoms. The van der Waals surface area contributed by atoms with Crippen molar-refractivity contribution < 1.29 is 14.3 Å². The predicted molar refractivity (Wildman–Crippen MR) is 122 cm³/mol. The number of aromatic nitrogens is 4. The molecular weight excluding hydrogens is 420 g/mol. The Bertz CT molecular complexity index is 1140. The molecule has 2 aliphatic heterocycles. The van der Waals surface area contributed by atoms with E-state index in [9.17, 15) is 9.59 Å². The Morgan fingerprint density at radius 1 is 1.12 bits per heavy atom. The number of aromatic amines is 1.